The Bertz CT molecular complexity index is 706. The minimum Gasteiger partial charge on any atom is -0.334 e. The first-order chi connectivity index (χ1) is 11.8. The van der Waals surface area contributed by atoms with Crippen molar-refractivity contribution in [2.45, 2.75) is 38.8 Å². The number of nitrogens with one attached hydrogen (secondary N) is 3. The van der Waals surface area contributed by atoms with Crippen molar-refractivity contribution in [1.29, 1.82) is 0 Å². The van der Waals surface area contributed by atoms with Gasteiger partial charge in [-0.2, -0.15) is 0 Å². The lowest BCUT2D eigenvalue weighted by atomic mass is 9.98. The number of sulfone groups is 1. The summed E-state index contributed by atoms with van der Waals surface area (Å²) in [4.78, 5) is 24.7. The van der Waals surface area contributed by atoms with Crippen LogP contribution in [0, 0.1) is 5.92 Å². The molecule has 3 N–H and O–H groups in total. The van der Waals surface area contributed by atoms with E-state index in [0.29, 0.717) is 18.5 Å². The number of carbonyl (C=O) groups excluding carboxylic acids is 2. The highest BCUT2D eigenvalue weighted by Crippen LogP contribution is 2.13. The maximum absolute atomic E-state index is 12.5. The fraction of sp³-hybridized carbons (Fsp3) is 0.529. The minimum absolute atomic E-state index is 0.0510. The second-order valence-electron chi connectivity index (χ2n) is 6.44. The summed E-state index contributed by atoms with van der Waals surface area (Å²) in [5.74, 6) is -0.331. The second-order valence-corrected chi connectivity index (χ2v) is 8.66. The normalized spacial score (nSPS) is 21.1. The second kappa shape index (κ2) is 8.33. The van der Waals surface area contributed by atoms with Gasteiger partial charge in [-0.1, -0.05) is 38.5 Å². The highest BCUT2D eigenvalue weighted by Gasteiger charge is 2.31. The number of hydrogen-bond acceptors (Lipinski definition) is 4. The highest BCUT2D eigenvalue weighted by atomic mass is 32.2. The molecule has 1 fully saturated rings. The van der Waals surface area contributed by atoms with Crippen LogP contribution in [0.2, 0.25) is 0 Å². The van der Waals surface area contributed by atoms with Crippen LogP contribution in [0.4, 0.5) is 10.5 Å². The first-order valence-electron chi connectivity index (χ1n) is 8.44. The molecular formula is C17H25N3O4S. The number of benzene rings is 1. The van der Waals surface area contributed by atoms with Gasteiger partial charge in [0.2, 0.25) is 5.91 Å². The van der Waals surface area contributed by atoms with Crippen molar-refractivity contribution in [3.8, 4) is 0 Å². The van der Waals surface area contributed by atoms with Crippen molar-refractivity contribution in [3.63, 3.8) is 0 Å². The Morgan fingerprint density at radius 3 is 2.48 bits per heavy atom. The largest absolute Gasteiger partial charge is 0.334 e. The molecule has 3 amide bonds. The molecule has 25 heavy (non-hydrogen) atoms. The molecule has 0 aliphatic carbocycles. The standard InChI is InChI=1S/C17H25N3O4S/c1-3-12(2)15(16(21)18-13-7-5-4-6-8-13)20-17(22)19-14-9-10-25(23,24)11-14/h4-8,12,14-15H,3,9-11H2,1-2H3,(H,18,21)(H2,19,20,22)/t12-,14?,15+/m1/s1. The number of rotatable bonds is 6. The Labute approximate surface area is 148 Å². The molecular weight excluding hydrogens is 342 g/mol. The van der Waals surface area contributed by atoms with Gasteiger partial charge in [0.15, 0.2) is 9.84 Å². The zero-order valence-electron chi connectivity index (χ0n) is 14.5. The Morgan fingerprint density at radius 1 is 1.24 bits per heavy atom. The molecule has 1 aliphatic heterocycles. The third-order valence-corrected chi connectivity index (χ3v) is 6.16. The topological polar surface area (TPSA) is 104 Å². The van der Waals surface area contributed by atoms with E-state index < -0.39 is 28.0 Å². The summed E-state index contributed by atoms with van der Waals surface area (Å²) in [5.41, 5.74) is 0.657. The summed E-state index contributed by atoms with van der Waals surface area (Å²) in [6.45, 7) is 3.83. The van der Waals surface area contributed by atoms with Crippen molar-refractivity contribution in [3.05, 3.63) is 30.3 Å². The van der Waals surface area contributed by atoms with Gasteiger partial charge in [-0.3, -0.25) is 4.79 Å². The molecule has 1 saturated heterocycles. The minimum atomic E-state index is -3.07. The van der Waals surface area contributed by atoms with E-state index in [1.807, 2.05) is 32.0 Å². The average Bonchev–Trinajstić information content (AvgIpc) is 2.91. The summed E-state index contributed by atoms with van der Waals surface area (Å²) >= 11 is 0. The molecule has 0 aromatic heterocycles. The maximum atomic E-state index is 12.5. The van der Waals surface area contributed by atoms with Crippen LogP contribution in [0.5, 0.6) is 0 Å². The molecule has 1 aliphatic rings. The molecule has 0 saturated carbocycles. The first-order valence-corrected chi connectivity index (χ1v) is 10.3. The molecule has 0 radical (unpaired) electrons. The lowest BCUT2D eigenvalue weighted by Crippen LogP contribution is -2.53. The quantitative estimate of drug-likeness (QED) is 0.709. The van der Waals surface area contributed by atoms with Crippen molar-refractivity contribution >= 4 is 27.5 Å². The van der Waals surface area contributed by atoms with E-state index in [1.54, 1.807) is 12.1 Å². The molecule has 0 spiro atoms. The van der Waals surface area contributed by atoms with Gasteiger partial charge in [0.1, 0.15) is 6.04 Å². The summed E-state index contributed by atoms with van der Waals surface area (Å²) in [6.07, 6.45) is 1.12. The van der Waals surface area contributed by atoms with Crippen LogP contribution in [-0.4, -0.2) is 43.9 Å². The molecule has 1 heterocycles. The van der Waals surface area contributed by atoms with Gasteiger partial charge in [0.05, 0.1) is 11.5 Å². The molecule has 8 heteroatoms. The van der Waals surface area contributed by atoms with Crippen LogP contribution in [0.3, 0.4) is 0 Å². The zero-order chi connectivity index (χ0) is 18.4. The van der Waals surface area contributed by atoms with E-state index in [-0.39, 0.29) is 23.3 Å². The predicted molar refractivity (Wildman–Crippen MR) is 97.0 cm³/mol. The number of carbonyl (C=O) groups is 2. The van der Waals surface area contributed by atoms with E-state index in [2.05, 4.69) is 16.0 Å². The van der Waals surface area contributed by atoms with Gasteiger partial charge < -0.3 is 16.0 Å². The lowest BCUT2D eigenvalue weighted by molar-refractivity contribution is -0.119. The molecule has 2 rings (SSSR count). The maximum Gasteiger partial charge on any atom is 0.315 e. The van der Waals surface area contributed by atoms with Gasteiger partial charge in [-0.25, -0.2) is 13.2 Å². The van der Waals surface area contributed by atoms with E-state index >= 15 is 0 Å². The van der Waals surface area contributed by atoms with Crippen molar-refractivity contribution in [2.24, 2.45) is 5.92 Å². The molecule has 7 nitrogen and oxygen atoms in total. The summed E-state index contributed by atoms with van der Waals surface area (Å²) in [7, 11) is -3.07. The lowest BCUT2D eigenvalue weighted by Gasteiger charge is -2.24. The molecule has 3 atom stereocenters. The van der Waals surface area contributed by atoms with Crippen molar-refractivity contribution in [1.82, 2.24) is 10.6 Å². The first kappa shape index (κ1) is 19.2. The van der Waals surface area contributed by atoms with Crippen molar-refractivity contribution in [2.75, 3.05) is 16.8 Å². The Balaban J connectivity index is 1.97. The Hall–Kier alpha value is -2.09. The zero-order valence-corrected chi connectivity index (χ0v) is 15.3. The monoisotopic (exact) mass is 367 g/mol. The summed E-state index contributed by atoms with van der Waals surface area (Å²) in [5, 5.41) is 8.13. The summed E-state index contributed by atoms with van der Waals surface area (Å²) < 4.78 is 22.9. The van der Waals surface area contributed by atoms with Gasteiger partial charge >= 0.3 is 6.03 Å². The average molecular weight is 367 g/mol. The molecule has 1 aromatic rings. The molecule has 1 aromatic carbocycles. The third kappa shape index (κ3) is 5.74. The number of hydrogen-bond donors (Lipinski definition) is 3. The fourth-order valence-electron chi connectivity index (χ4n) is 2.72. The summed E-state index contributed by atoms with van der Waals surface area (Å²) in [6, 6.07) is 7.40. The molecule has 1 unspecified atom stereocenters. The smallest absolute Gasteiger partial charge is 0.315 e. The van der Waals surface area contributed by atoms with Crippen LogP contribution in [0.15, 0.2) is 30.3 Å². The number of urea groups is 1. The van der Waals surface area contributed by atoms with Crippen LogP contribution in [-0.2, 0) is 14.6 Å². The Kier molecular flexibility index (Phi) is 6.41. The van der Waals surface area contributed by atoms with Crippen LogP contribution >= 0.6 is 0 Å². The molecule has 138 valence electrons. The van der Waals surface area contributed by atoms with Gasteiger partial charge in [-0.05, 0) is 24.5 Å². The number of amides is 3. The van der Waals surface area contributed by atoms with Crippen LogP contribution in [0.25, 0.3) is 0 Å². The highest BCUT2D eigenvalue weighted by molar-refractivity contribution is 7.91. The number of para-hydroxylation sites is 1. The van der Waals surface area contributed by atoms with E-state index in [9.17, 15) is 18.0 Å². The van der Waals surface area contributed by atoms with Crippen LogP contribution in [0.1, 0.15) is 26.7 Å². The number of anilines is 1. The predicted octanol–water partition coefficient (Wildman–Crippen LogP) is 1.53. The van der Waals surface area contributed by atoms with Crippen LogP contribution < -0.4 is 16.0 Å². The van der Waals surface area contributed by atoms with Gasteiger partial charge in [-0.15, -0.1) is 0 Å². The van der Waals surface area contributed by atoms with Crippen molar-refractivity contribution < 1.29 is 18.0 Å². The SMILES string of the molecule is CC[C@@H](C)[C@H](NC(=O)NC1CCS(=O)(=O)C1)C(=O)Nc1ccccc1. The van der Waals surface area contributed by atoms with Gasteiger partial charge in [0.25, 0.3) is 0 Å². The van der Waals surface area contributed by atoms with E-state index in [0.717, 1.165) is 0 Å². The molecule has 0 bridgehead atoms. The Morgan fingerprint density at radius 2 is 1.92 bits per heavy atom. The van der Waals surface area contributed by atoms with E-state index in [1.165, 1.54) is 0 Å². The van der Waals surface area contributed by atoms with E-state index in [4.69, 9.17) is 0 Å². The fourth-order valence-corrected chi connectivity index (χ4v) is 4.39. The van der Waals surface area contributed by atoms with Gasteiger partial charge in [0, 0.05) is 11.7 Å². The third-order valence-electron chi connectivity index (χ3n) is 4.39.